The van der Waals surface area contributed by atoms with Crippen molar-refractivity contribution >= 4 is 17.6 Å². The molecular weight excluding hydrogens is 510 g/mol. The fraction of sp³-hybridized carbons (Fsp3) is 0.571. The molecule has 0 unspecified atom stereocenters. The molecule has 16 heteroatoms. The summed E-state index contributed by atoms with van der Waals surface area (Å²) in [4.78, 5) is 22.3. The maximum Gasteiger partial charge on any atom is 0.435 e. The van der Waals surface area contributed by atoms with E-state index in [0.717, 1.165) is 17.4 Å². The number of aromatic nitrogens is 6. The molecule has 0 radical (unpaired) electrons. The largest absolute Gasteiger partial charge is 0.444 e. The van der Waals surface area contributed by atoms with E-state index < -0.39 is 47.1 Å². The second-order valence-corrected chi connectivity index (χ2v) is 9.91. The third kappa shape index (κ3) is 4.52. The van der Waals surface area contributed by atoms with E-state index in [9.17, 15) is 31.1 Å². The third-order valence-corrected chi connectivity index (χ3v) is 6.10. The fourth-order valence-electron chi connectivity index (χ4n) is 4.25. The Morgan fingerprint density at radius 1 is 1.08 bits per heavy atom. The van der Waals surface area contributed by atoms with Crippen LogP contribution in [0, 0.1) is 0 Å². The van der Waals surface area contributed by atoms with Gasteiger partial charge in [0.1, 0.15) is 23.7 Å². The topological polar surface area (TPSA) is 93.7 Å². The van der Waals surface area contributed by atoms with Crippen LogP contribution in [0.3, 0.4) is 0 Å². The molecular formula is C21H22F6N8O2. The number of alkyl halides is 6. The first-order valence-corrected chi connectivity index (χ1v) is 11.3. The standard InChI is InChI=1S/C21H22F6N8O2/c1-19(2,3)37-18(36)32-8-12(9-32)34-7-11(6-29-34)14-15(21(25,26)27)35-16(28-10-30-35)17(31-14)33-5-4-13(33)20(22,23)24/h6-7,10,12-13H,4-5,8-9H2,1-3H3/t13-/m1/s1. The summed E-state index contributed by atoms with van der Waals surface area (Å²) >= 11 is 0. The summed E-state index contributed by atoms with van der Waals surface area (Å²) in [7, 11) is 0. The molecule has 3 aromatic heterocycles. The van der Waals surface area contributed by atoms with Crippen LogP contribution in [0.25, 0.3) is 16.9 Å². The quantitative estimate of drug-likeness (QED) is 0.472. The lowest BCUT2D eigenvalue weighted by Crippen LogP contribution is -2.56. The van der Waals surface area contributed by atoms with Gasteiger partial charge in [-0.05, 0) is 27.2 Å². The zero-order valence-corrected chi connectivity index (χ0v) is 19.9. The predicted octanol–water partition coefficient (Wildman–Crippen LogP) is 3.94. The minimum Gasteiger partial charge on any atom is -0.444 e. The average molecular weight is 532 g/mol. The molecule has 2 fully saturated rings. The number of carbonyl (C=O) groups excluding carboxylic acids is 1. The van der Waals surface area contributed by atoms with Crippen molar-refractivity contribution in [3.63, 3.8) is 0 Å². The molecule has 5 heterocycles. The van der Waals surface area contributed by atoms with Gasteiger partial charge in [-0.3, -0.25) is 4.68 Å². The van der Waals surface area contributed by atoms with E-state index in [0.29, 0.717) is 4.52 Å². The van der Waals surface area contributed by atoms with Crippen molar-refractivity contribution in [2.75, 3.05) is 24.5 Å². The smallest absolute Gasteiger partial charge is 0.435 e. The van der Waals surface area contributed by atoms with Crippen LogP contribution in [0.15, 0.2) is 18.7 Å². The number of anilines is 1. The number of rotatable bonds is 3. The lowest BCUT2D eigenvalue weighted by Gasteiger charge is -2.42. The molecule has 37 heavy (non-hydrogen) atoms. The Balaban J connectivity index is 1.49. The van der Waals surface area contributed by atoms with Crippen LogP contribution in [0.2, 0.25) is 0 Å². The Morgan fingerprint density at radius 2 is 1.78 bits per heavy atom. The molecule has 0 bridgehead atoms. The van der Waals surface area contributed by atoms with Gasteiger partial charge < -0.3 is 14.5 Å². The highest BCUT2D eigenvalue weighted by molar-refractivity contribution is 5.73. The first-order valence-electron chi connectivity index (χ1n) is 11.3. The van der Waals surface area contributed by atoms with E-state index in [1.165, 1.54) is 15.8 Å². The number of carbonyl (C=O) groups is 1. The number of nitrogens with zero attached hydrogens (tertiary/aromatic N) is 8. The maximum atomic E-state index is 14.1. The van der Waals surface area contributed by atoms with E-state index in [2.05, 4.69) is 20.2 Å². The number of hydrogen-bond acceptors (Lipinski definition) is 7. The Kier molecular flexibility index (Phi) is 5.56. The molecule has 10 nitrogen and oxygen atoms in total. The van der Waals surface area contributed by atoms with Gasteiger partial charge in [0.05, 0.1) is 12.2 Å². The van der Waals surface area contributed by atoms with Crippen LogP contribution in [-0.4, -0.2) is 77.8 Å². The summed E-state index contributed by atoms with van der Waals surface area (Å²) in [5, 5.41) is 7.77. The number of likely N-dealkylation sites (tertiary alicyclic amines) is 1. The van der Waals surface area contributed by atoms with E-state index >= 15 is 0 Å². The van der Waals surface area contributed by atoms with Gasteiger partial charge in [-0.1, -0.05) is 0 Å². The van der Waals surface area contributed by atoms with Gasteiger partial charge in [0.15, 0.2) is 17.2 Å². The lowest BCUT2D eigenvalue weighted by molar-refractivity contribution is -0.160. The summed E-state index contributed by atoms with van der Waals surface area (Å²) in [5.41, 5.74) is -3.07. The van der Waals surface area contributed by atoms with Crippen molar-refractivity contribution in [1.29, 1.82) is 0 Å². The Bertz CT molecular complexity index is 1340. The van der Waals surface area contributed by atoms with Crippen molar-refractivity contribution < 1.29 is 35.9 Å². The molecule has 0 aliphatic carbocycles. The van der Waals surface area contributed by atoms with Crippen molar-refractivity contribution in [3.05, 3.63) is 24.4 Å². The second kappa shape index (κ2) is 8.21. The summed E-state index contributed by atoms with van der Waals surface area (Å²) in [6, 6.07) is -2.21. The molecule has 2 aliphatic heterocycles. The molecule has 2 aliphatic rings. The molecule has 3 aromatic rings. The van der Waals surface area contributed by atoms with Crippen molar-refractivity contribution in [2.24, 2.45) is 0 Å². The number of ether oxygens (including phenoxy) is 1. The zero-order chi connectivity index (χ0) is 26.9. The third-order valence-electron chi connectivity index (χ3n) is 6.10. The molecule has 0 aromatic carbocycles. The first kappa shape index (κ1) is 25.1. The highest BCUT2D eigenvalue weighted by atomic mass is 19.4. The Hall–Kier alpha value is -3.59. The van der Waals surface area contributed by atoms with Crippen LogP contribution >= 0.6 is 0 Å². The number of hydrogen-bond donors (Lipinski definition) is 0. The predicted molar refractivity (Wildman–Crippen MR) is 116 cm³/mol. The van der Waals surface area contributed by atoms with Gasteiger partial charge in [-0.2, -0.15) is 36.5 Å². The maximum absolute atomic E-state index is 14.1. The molecule has 1 atom stereocenters. The fourth-order valence-corrected chi connectivity index (χ4v) is 4.25. The van der Waals surface area contributed by atoms with Crippen LogP contribution in [-0.2, 0) is 10.9 Å². The van der Waals surface area contributed by atoms with E-state index in [-0.39, 0.29) is 43.5 Å². The second-order valence-electron chi connectivity index (χ2n) is 9.91. The molecule has 0 N–H and O–H groups in total. The minimum absolute atomic E-state index is 0.0493. The van der Waals surface area contributed by atoms with Crippen LogP contribution in [0.4, 0.5) is 37.0 Å². The van der Waals surface area contributed by atoms with Gasteiger partial charge in [-0.15, -0.1) is 0 Å². The minimum atomic E-state index is -4.95. The van der Waals surface area contributed by atoms with Gasteiger partial charge in [0.25, 0.3) is 0 Å². The lowest BCUT2D eigenvalue weighted by atomic mass is 10.0. The summed E-state index contributed by atoms with van der Waals surface area (Å²) in [6.07, 6.45) is -6.96. The normalized spacial score (nSPS) is 19.2. The van der Waals surface area contributed by atoms with E-state index in [1.54, 1.807) is 20.8 Å². The SMILES string of the molecule is CC(C)(C)OC(=O)N1CC(n2cc(-c3nc(N4CC[C@@H]4C(F)(F)F)c4ncnn4c3C(F)(F)F)cn2)C1. The number of halogens is 6. The molecule has 200 valence electrons. The molecule has 1 amide bonds. The van der Waals surface area contributed by atoms with Crippen LogP contribution in [0.5, 0.6) is 0 Å². The number of fused-ring (bicyclic) bond motifs is 1. The zero-order valence-electron chi connectivity index (χ0n) is 19.9. The number of amides is 1. The molecule has 0 saturated carbocycles. The highest BCUT2D eigenvalue weighted by Gasteiger charge is 2.51. The molecule has 5 rings (SSSR count). The summed E-state index contributed by atoms with van der Waals surface area (Å²) in [5.74, 6) is -0.346. The van der Waals surface area contributed by atoms with Gasteiger partial charge in [0.2, 0.25) is 0 Å². The van der Waals surface area contributed by atoms with Gasteiger partial charge in [-0.25, -0.2) is 19.3 Å². The monoisotopic (exact) mass is 532 g/mol. The highest BCUT2D eigenvalue weighted by Crippen LogP contribution is 2.42. The Morgan fingerprint density at radius 3 is 2.35 bits per heavy atom. The summed E-state index contributed by atoms with van der Waals surface area (Å²) in [6.45, 7) is 5.58. The Labute approximate surface area is 205 Å². The van der Waals surface area contributed by atoms with Gasteiger partial charge >= 0.3 is 18.4 Å². The van der Waals surface area contributed by atoms with Crippen molar-refractivity contribution in [1.82, 2.24) is 34.3 Å². The first-order chi connectivity index (χ1) is 17.1. The molecule has 2 saturated heterocycles. The van der Waals surface area contributed by atoms with Crippen LogP contribution in [0.1, 0.15) is 38.9 Å². The van der Waals surface area contributed by atoms with E-state index in [1.807, 2.05) is 0 Å². The van der Waals surface area contributed by atoms with Crippen molar-refractivity contribution in [2.45, 2.75) is 57.2 Å². The van der Waals surface area contributed by atoms with Crippen LogP contribution < -0.4 is 4.90 Å². The summed E-state index contributed by atoms with van der Waals surface area (Å²) < 4.78 is 89.9. The van der Waals surface area contributed by atoms with E-state index in [4.69, 9.17) is 4.74 Å². The van der Waals surface area contributed by atoms with Crippen molar-refractivity contribution in [3.8, 4) is 11.3 Å². The average Bonchev–Trinajstić information content (AvgIpc) is 3.31. The molecule has 0 spiro atoms. The van der Waals surface area contributed by atoms with Gasteiger partial charge in [0, 0.05) is 31.4 Å².